The van der Waals surface area contributed by atoms with Crippen LogP contribution >= 0.6 is 0 Å². The Bertz CT molecular complexity index is 505. The van der Waals surface area contributed by atoms with Gasteiger partial charge in [-0.15, -0.1) is 0 Å². The van der Waals surface area contributed by atoms with Gasteiger partial charge in [-0.2, -0.15) is 0 Å². The molecule has 0 saturated carbocycles. The number of hydrogen-bond acceptors (Lipinski definition) is 5. The lowest BCUT2D eigenvalue weighted by atomic mass is 9.91. The predicted molar refractivity (Wildman–Crippen MR) is 74.5 cm³/mol. The molecule has 3 aliphatic rings. The summed E-state index contributed by atoms with van der Waals surface area (Å²) in [5.41, 5.74) is -0.619. The molecule has 3 atom stereocenters. The third kappa shape index (κ3) is 3.00. The molecule has 21 heavy (non-hydrogen) atoms. The van der Waals surface area contributed by atoms with E-state index >= 15 is 0 Å². The van der Waals surface area contributed by atoms with Gasteiger partial charge in [0.25, 0.3) is 0 Å². The highest BCUT2D eigenvalue weighted by molar-refractivity contribution is 6.00. The Balaban J connectivity index is 1.76. The summed E-state index contributed by atoms with van der Waals surface area (Å²) >= 11 is 0. The molecule has 2 aliphatic heterocycles. The molecule has 0 aromatic carbocycles. The van der Waals surface area contributed by atoms with Crippen LogP contribution in [0.2, 0.25) is 0 Å². The van der Waals surface area contributed by atoms with Crippen molar-refractivity contribution >= 4 is 11.6 Å². The van der Waals surface area contributed by atoms with E-state index in [-0.39, 0.29) is 17.7 Å². The summed E-state index contributed by atoms with van der Waals surface area (Å²) in [5, 5.41) is 10.1. The summed E-state index contributed by atoms with van der Waals surface area (Å²) < 4.78 is 12.1. The molecule has 2 saturated heterocycles. The number of aliphatic hydroxyl groups excluding tert-OH is 1. The van der Waals surface area contributed by atoms with Crippen molar-refractivity contribution in [3.63, 3.8) is 0 Å². The van der Waals surface area contributed by atoms with Crippen LogP contribution in [0.1, 0.15) is 39.0 Å². The SMILES string of the molecule is CC(=O)CC1C[C@@H](O)C[C@@]2(CCC3(C=CC(=O)C=C3)O2)O1. The Morgan fingerprint density at radius 1 is 1.38 bits per heavy atom. The minimum Gasteiger partial charge on any atom is -0.393 e. The number of rotatable bonds is 2. The van der Waals surface area contributed by atoms with Gasteiger partial charge >= 0.3 is 0 Å². The first-order valence-corrected chi connectivity index (χ1v) is 7.38. The zero-order chi connectivity index (χ0) is 15.1. The zero-order valence-electron chi connectivity index (χ0n) is 12.1. The number of ketones is 2. The maximum absolute atomic E-state index is 11.3. The molecule has 2 fully saturated rings. The molecule has 0 radical (unpaired) electrons. The molecule has 1 unspecified atom stereocenters. The molecule has 0 aromatic heterocycles. The first-order valence-electron chi connectivity index (χ1n) is 7.38. The number of carbonyl (C=O) groups excluding carboxylic acids is 2. The molecule has 114 valence electrons. The van der Waals surface area contributed by atoms with Crippen LogP contribution in [0.4, 0.5) is 0 Å². The molecule has 2 heterocycles. The maximum Gasteiger partial charge on any atom is 0.178 e. The minimum absolute atomic E-state index is 0.0417. The fourth-order valence-corrected chi connectivity index (χ4v) is 3.44. The predicted octanol–water partition coefficient (Wildman–Crippen LogP) is 1.45. The van der Waals surface area contributed by atoms with Crippen molar-refractivity contribution in [1.29, 1.82) is 0 Å². The highest BCUT2D eigenvalue weighted by Gasteiger charge is 2.52. The Kier molecular flexibility index (Phi) is 3.59. The summed E-state index contributed by atoms with van der Waals surface area (Å²) in [4.78, 5) is 22.5. The van der Waals surface area contributed by atoms with Gasteiger partial charge in [-0.25, -0.2) is 0 Å². The molecular formula is C16H20O5. The lowest BCUT2D eigenvalue weighted by molar-refractivity contribution is -0.290. The van der Waals surface area contributed by atoms with Gasteiger partial charge in [0.2, 0.25) is 0 Å². The maximum atomic E-state index is 11.3. The van der Waals surface area contributed by atoms with Gasteiger partial charge in [0.1, 0.15) is 11.4 Å². The monoisotopic (exact) mass is 292 g/mol. The number of carbonyl (C=O) groups is 2. The third-order valence-electron chi connectivity index (χ3n) is 4.31. The molecule has 5 heteroatoms. The van der Waals surface area contributed by atoms with Crippen LogP contribution in [0.3, 0.4) is 0 Å². The molecular weight excluding hydrogens is 272 g/mol. The quantitative estimate of drug-likeness (QED) is 0.834. The first kappa shape index (κ1) is 14.6. The number of hydrogen-bond donors (Lipinski definition) is 1. The van der Waals surface area contributed by atoms with Crippen LogP contribution in [-0.2, 0) is 19.1 Å². The van der Waals surface area contributed by atoms with Crippen LogP contribution < -0.4 is 0 Å². The van der Waals surface area contributed by atoms with Crippen LogP contribution in [0.15, 0.2) is 24.3 Å². The highest BCUT2D eigenvalue weighted by Crippen LogP contribution is 2.47. The van der Waals surface area contributed by atoms with Crippen LogP contribution in [0, 0.1) is 0 Å². The van der Waals surface area contributed by atoms with Crippen molar-refractivity contribution in [3.05, 3.63) is 24.3 Å². The van der Waals surface area contributed by atoms with E-state index in [0.717, 1.165) is 0 Å². The number of aliphatic hydroxyl groups is 1. The molecule has 1 N–H and O–H groups in total. The standard InChI is InChI=1S/C16H20O5/c1-11(17)8-14-9-13(19)10-16(20-14)7-6-15(21-16)4-2-12(18)3-5-15/h2-5,13-14,19H,6-10H2,1H3/t13-,14?,16+/m1/s1. The van der Waals surface area contributed by atoms with Gasteiger partial charge in [-0.1, -0.05) is 0 Å². The molecule has 1 aliphatic carbocycles. The van der Waals surface area contributed by atoms with Gasteiger partial charge in [0.15, 0.2) is 11.6 Å². The van der Waals surface area contributed by atoms with Gasteiger partial charge in [0.05, 0.1) is 12.2 Å². The Morgan fingerprint density at radius 3 is 2.76 bits per heavy atom. The number of Topliss-reactive ketones (excluding diaryl/α,β-unsaturated/α-hetero) is 1. The molecule has 0 amide bonds. The summed E-state index contributed by atoms with van der Waals surface area (Å²) in [7, 11) is 0. The molecule has 0 bridgehead atoms. The molecule has 5 nitrogen and oxygen atoms in total. The summed E-state index contributed by atoms with van der Waals surface area (Å²) in [5.74, 6) is -0.864. The van der Waals surface area contributed by atoms with Crippen LogP contribution in [0.5, 0.6) is 0 Å². The third-order valence-corrected chi connectivity index (χ3v) is 4.31. The minimum atomic E-state index is -0.854. The largest absolute Gasteiger partial charge is 0.393 e. The smallest absolute Gasteiger partial charge is 0.178 e. The Hall–Kier alpha value is -1.30. The normalized spacial score (nSPS) is 37.5. The topological polar surface area (TPSA) is 72.8 Å². The lowest BCUT2D eigenvalue weighted by Gasteiger charge is -2.41. The van der Waals surface area contributed by atoms with E-state index in [2.05, 4.69) is 0 Å². The summed E-state index contributed by atoms with van der Waals surface area (Å²) in [6.45, 7) is 1.52. The van der Waals surface area contributed by atoms with E-state index in [4.69, 9.17) is 9.47 Å². The fourth-order valence-electron chi connectivity index (χ4n) is 3.44. The highest BCUT2D eigenvalue weighted by atomic mass is 16.7. The van der Waals surface area contributed by atoms with E-state index < -0.39 is 17.5 Å². The molecule has 2 spiro atoms. The number of ether oxygens (including phenoxy) is 2. The lowest BCUT2D eigenvalue weighted by Crippen LogP contribution is -2.48. The van der Waals surface area contributed by atoms with E-state index in [0.29, 0.717) is 32.1 Å². The van der Waals surface area contributed by atoms with Gasteiger partial charge in [-0.05, 0) is 37.6 Å². The number of allylic oxidation sites excluding steroid dienone is 2. The summed E-state index contributed by atoms with van der Waals surface area (Å²) in [6.07, 6.45) is 8.18. The first-order chi connectivity index (χ1) is 9.90. The summed E-state index contributed by atoms with van der Waals surface area (Å²) in [6, 6.07) is 0. The second-order valence-electron chi connectivity index (χ2n) is 6.28. The van der Waals surface area contributed by atoms with E-state index in [1.807, 2.05) is 0 Å². The van der Waals surface area contributed by atoms with E-state index in [1.54, 1.807) is 12.2 Å². The zero-order valence-corrected chi connectivity index (χ0v) is 12.1. The van der Waals surface area contributed by atoms with Crippen LogP contribution in [-0.4, -0.2) is 40.3 Å². The average Bonchev–Trinajstić information content (AvgIpc) is 2.70. The van der Waals surface area contributed by atoms with Crippen molar-refractivity contribution in [2.24, 2.45) is 0 Å². The van der Waals surface area contributed by atoms with Crippen molar-refractivity contribution in [1.82, 2.24) is 0 Å². The van der Waals surface area contributed by atoms with Gasteiger partial charge in [0, 0.05) is 25.7 Å². The Morgan fingerprint density at radius 2 is 2.10 bits per heavy atom. The van der Waals surface area contributed by atoms with Gasteiger partial charge in [-0.3, -0.25) is 9.59 Å². The Labute approximate surface area is 123 Å². The second kappa shape index (κ2) is 5.16. The van der Waals surface area contributed by atoms with Crippen molar-refractivity contribution < 1.29 is 24.2 Å². The van der Waals surface area contributed by atoms with Crippen molar-refractivity contribution in [3.8, 4) is 0 Å². The van der Waals surface area contributed by atoms with Gasteiger partial charge < -0.3 is 14.6 Å². The molecule has 3 rings (SSSR count). The van der Waals surface area contributed by atoms with Crippen LogP contribution in [0.25, 0.3) is 0 Å². The van der Waals surface area contributed by atoms with E-state index in [9.17, 15) is 14.7 Å². The van der Waals surface area contributed by atoms with E-state index in [1.165, 1.54) is 19.1 Å². The fraction of sp³-hybridized carbons (Fsp3) is 0.625. The average molecular weight is 292 g/mol. The molecule has 0 aromatic rings. The van der Waals surface area contributed by atoms with Crippen molar-refractivity contribution in [2.45, 2.75) is 62.6 Å². The van der Waals surface area contributed by atoms with Crippen molar-refractivity contribution in [2.75, 3.05) is 0 Å². The second-order valence-corrected chi connectivity index (χ2v) is 6.28.